The van der Waals surface area contributed by atoms with Gasteiger partial charge in [-0.1, -0.05) is 47.6 Å². The first-order valence-corrected chi connectivity index (χ1v) is 10.7. The monoisotopic (exact) mass is 454 g/mol. The van der Waals surface area contributed by atoms with E-state index in [-0.39, 0.29) is 17.1 Å². The molecule has 8 nitrogen and oxygen atoms in total. The molecule has 0 fully saturated rings. The fourth-order valence-electron chi connectivity index (χ4n) is 3.15. The van der Waals surface area contributed by atoms with Crippen LogP contribution < -0.4 is 15.5 Å². The number of aryl methyl sites for hydroxylation is 1. The molecular weight excluding hydrogens is 436 g/mol. The second kappa shape index (κ2) is 8.83. The summed E-state index contributed by atoms with van der Waals surface area (Å²) in [5.41, 5.74) is 2.54. The first kappa shape index (κ1) is 21.0. The van der Waals surface area contributed by atoms with Gasteiger partial charge in [-0.2, -0.15) is 5.10 Å². The summed E-state index contributed by atoms with van der Waals surface area (Å²) < 4.78 is 6.91. The largest absolute Gasteiger partial charge is 0.495 e. The fourth-order valence-corrected chi connectivity index (χ4v) is 4.17. The second-order valence-corrected chi connectivity index (χ2v) is 7.96. The Morgan fingerprint density at radius 2 is 2.00 bits per heavy atom. The van der Waals surface area contributed by atoms with E-state index < -0.39 is 0 Å². The van der Waals surface area contributed by atoms with Gasteiger partial charge in [-0.3, -0.25) is 19.9 Å². The van der Waals surface area contributed by atoms with Crippen LogP contribution in [0.25, 0.3) is 16.7 Å². The van der Waals surface area contributed by atoms with E-state index in [1.807, 2.05) is 37.3 Å². The molecule has 0 atom stereocenters. The van der Waals surface area contributed by atoms with Gasteiger partial charge in [-0.05, 0) is 31.2 Å². The van der Waals surface area contributed by atoms with E-state index in [0.29, 0.717) is 38.3 Å². The Kier molecular flexibility index (Phi) is 5.97. The highest BCUT2D eigenvalue weighted by atomic mass is 35.5. The number of H-pyrrole nitrogens is 1. The van der Waals surface area contributed by atoms with Crippen molar-refractivity contribution in [2.24, 2.45) is 0 Å². The molecule has 2 aromatic carbocycles. The number of benzene rings is 2. The van der Waals surface area contributed by atoms with E-state index in [0.717, 1.165) is 5.69 Å². The number of hydrogen-bond donors (Lipinski definition) is 3. The van der Waals surface area contributed by atoms with Gasteiger partial charge in [0.05, 0.1) is 34.6 Å². The van der Waals surface area contributed by atoms with Gasteiger partial charge >= 0.3 is 0 Å². The molecule has 0 saturated heterocycles. The van der Waals surface area contributed by atoms with Crippen molar-refractivity contribution < 1.29 is 9.53 Å². The van der Waals surface area contributed by atoms with Crippen LogP contribution in [0.1, 0.15) is 5.69 Å². The van der Waals surface area contributed by atoms with Gasteiger partial charge in [0, 0.05) is 5.69 Å². The van der Waals surface area contributed by atoms with Crippen LogP contribution in [0.5, 0.6) is 5.75 Å². The lowest BCUT2D eigenvalue weighted by molar-refractivity contribution is -0.113. The Hall–Kier alpha value is -3.30. The molecule has 0 spiro atoms. The van der Waals surface area contributed by atoms with Crippen LogP contribution in [0.2, 0.25) is 5.02 Å². The smallest absolute Gasteiger partial charge is 0.234 e. The Morgan fingerprint density at radius 3 is 2.77 bits per heavy atom. The number of para-hydroxylation sites is 3. The zero-order chi connectivity index (χ0) is 22.0. The molecule has 0 unspecified atom stereocenters. The lowest BCUT2D eigenvalue weighted by Crippen LogP contribution is -2.23. The van der Waals surface area contributed by atoms with Gasteiger partial charge in [0.25, 0.3) is 0 Å². The number of anilines is 1. The highest BCUT2D eigenvalue weighted by molar-refractivity contribution is 7.99. The average Bonchev–Trinajstić information content (AvgIpc) is 3.14. The Bertz CT molecular complexity index is 1330. The van der Waals surface area contributed by atoms with Crippen molar-refractivity contribution in [3.05, 3.63) is 64.7 Å². The summed E-state index contributed by atoms with van der Waals surface area (Å²) in [6, 6.07) is 14.4. The standard InChI is InChI=1S/C21H19ClN6O2S/c1-12-18-19(23)28(15-9-5-3-7-13(15)22)21(25-20(18)27-26-12)31-11-17(29)24-14-8-4-6-10-16(14)30-2/h3-10,23H,11H2,1-2H3,(H,24,29)(H,26,27). The summed E-state index contributed by atoms with van der Waals surface area (Å²) in [5, 5.41) is 20.2. The quantitative estimate of drug-likeness (QED) is 0.302. The van der Waals surface area contributed by atoms with E-state index in [2.05, 4.69) is 20.5 Å². The maximum absolute atomic E-state index is 12.6. The van der Waals surface area contributed by atoms with Crippen LogP contribution in [0.4, 0.5) is 5.69 Å². The Morgan fingerprint density at radius 1 is 1.26 bits per heavy atom. The van der Waals surface area contributed by atoms with Gasteiger partial charge in [-0.25, -0.2) is 4.98 Å². The molecule has 0 radical (unpaired) electrons. The number of carbonyl (C=O) groups is 1. The predicted octanol–water partition coefficient (Wildman–Crippen LogP) is 3.93. The molecule has 1 amide bonds. The van der Waals surface area contributed by atoms with Crippen LogP contribution in [-0.4, -0.2) is 38.5 Å². The molecule has 4 aromatic rings. The Balaban J connectivity index is 1.69. The minimum Gasteiger partial charge on any atom is -0.495 e. The SMILES string of the molecule is COc1ccccc1NC(=O)CSc1nc2n[nH]c(C)c2c(=N)n1-c1ccccc1Cl. The van der Waals surface area contributed by atoms with Crippen molar-refractivity contribution in [2.75, 3.05) is 18.2 Å². The molecule has 0 aliphatic rings. The molecule has 0 aliphatic heterocycles. The summed E-state index contributed by atoms with van der Waals surface area (Å²) in [5.74, 6) is 0.419. The van der Waals surface area contributed by atoms with E-state index >= 15 is 0 Å². The van der Waals surface area contributed by atoms with E-state index in [4.69, 9.17) is 21.7 Å². The van der Waals surface area contributed by atoms with Crippen molar-refractivity contribution in [1.82, 2.24) is 19.7 Å². The third-order valence-corrected chi connectivity index (χ3v) is 5.85. The third-order valence-electron chi connectivity index (χ3n) is 4.59. The van der Waals surface area contributed by atoms with E-state index in [1.165, 1.54) is 11.8 Å². The fraction of sp³-hybridized carbons (Fsp3) is 0.143. The number of nitrogens with one attached hydrogen (secondary N) is 3. The van der Waals surface area contributed by atoms with Crippen LogP contribution in [0.3, 0.4) is 0 Å². The summed E-state index contributed by atoms with van der Waals surface area (Å²) in [7, 11) is 1.55. The first-order valence-electron chi connectivity index (χ1n) is 9.32. The Labute approximate surface area is 187 Å². The molecule has 0 saturated carbocycles. The van der Waals surface area contributed by atoms with Crippen molar-refractivity contribution in [1.29, 1.82) is 5.41 Å². The number of thioether (sulfide) groups is 1. The summed E-state index contributed by atoms with van der Waals surface area (Å²) >= 11 is 7.61. The summed E-state index contributed by atoms with van der Waals surface area (Å²) in [6.45, 7) is 1.83. The van der Waals surface area contributed by atoms with Gasteiger partial charge in [0.1, 0.15) is 11.2 Å². The van der Waals surface area contributed by atoms with E-state index in [1.54, 1.807) is 29.9 Å². The molecule has 2 aromatic heterocycles. The number of hydrogen-bond acceptors (Lipinski definition) is 6. The number of fused-ring (bicyclic) bond motifs is 1. The van der Waals surface area contributed by atoms with Crippen molar-refractivity contribution in [3.63, 3.8) is 0 Å². The summed E-state index contributed by atoms with van der Waals surface area (Å²) in [6.07, 6.45) is 0. The van der Waals surface area contributed by atoms with Gasteiger partial charge in [0.2, 0.25) is 5.91 Å². The first-order chi connectivity index (χ1) is 15.0. The average molecular weight is 455 g/mol. The lowest BCUT2D eigenvalue weighted by Gasteiger charge is -2.15. The number of ether oxygens (including phenoxy) is 1. The van der Waals surface area contributed by atoms with Crippen molar-refractivity contribution in [2.45, 2.75) is 12.1 Å². The zero-order valence-electron chi connectivity index (χ0n) is 16.8. The van der Waals surface area contributed by atoms with Crippen molar-refractivity contribution >= 4 is 46.0 Å². The molecule has 158 valence electrons. The highest BCUT2D eigenvalue weighted by Crippen LogP contribution is 2.27. The van der Waals surface area contributed by atoms with Crippen LogP contribution in [0, 0.1) is 12.3 Å². The van der Waals surface area contributed by atoms with Crippen molar-refractivity contribution in [3.8, 4) is 11.4 Å². The predicted molar refractivity (Wildman–Crippen MR) is 121 cm³/mol. The molecular formula is C21H19ClN6O2S. The van der Waals surface area contributed by atoms with Crippen LogP contribution in [-0.2, 0) is 4.79 Å². The second-order valence-electron chi connectivity index (χ2n) is 6.61. The molecule has 10 heteroatoms. The third kappa shape index (κ3) is 4.14. The van der Waals surface area contributed by atoms with E-state index in [9.17, 15) is 4.79 Å². The van der Waals surface area contributed by atoms with Gasteiger partial charge in [-0.15, -0.1) is 0 Å². The number of aromatic nitrogens is 4. The number of aromatic amines is 1. The minimum atomic E-state index is -0.230. The minimum absolute atomic E-state index is 0.0733. The highest BCUT2D eigenvalue weighted by Gasteiger charge is 2.18. The zero-order valence-corrected chi connectivity index (χ0v) is 18.3. The number of methoxy groups -OCH3 is 1. The number of amides is 1. The summed E-state index contributed by atoms with van der Waals surface area (Å²) in [4.78, 5) is 17.2. The van der Waals surface area contributed by atoms with Crippen LogP contribution in [0.15, 0.2) is 53.7 Å². The molecule has 0 bridgehead atoms. The van der Waals surface area contributed by atoms with Crippen LogP contribution >= 0.6 is 23.4 Å². The molecule has 0 aliphatic carbocycles. The molecule has 2 heterocycles. The number of nitrogens with zero attached hydrogens (tertiary/aromatic N) is 3. The number of carbonyl (C=O) groups excluding carboxylic acids is 1. The normalized spacial score (nSPS) is 10.9. The lowest BCUT2D eigenvalue weighted by atomic mass is 10.3. The molecule has 3 N–H and O–H groups in total. The van der Waals surface area contributed by atoms with Gasteiger partial charge < -0.3 is 10.1 Å². The molecule has 31 heavy (non-hydrogen) atoms. The number of rotatable bonds is 6. The topological polar surface area (TPSA) is 109 Å². The molecule has 4 rings (SSSR count). The maximum Gasteiger partial charge on any atom is 0.234 e. The number of halogens is 1. The maximum atomic E-state index is 12.6. The van der Waals surface area contributed by atoms with Gasteiger partial charge in [0.15, 0.2) is 10.8 Å².